The summed E-state index contributed by atoms with van der Waals surface area (Å²) in [5.74, 6) is -0.225. The molecule has 7 heteroatoms. The first kappa shape index (κ1) is 16.6. The van der Waals surface area contributed by atoms with Crippen molar-refractivity contribution in [1.82, 2.24) is 4.98 Å². The van der Waals surface area contributed by atoms with Gasteiger partial charge in [-0.2, -0.15) is 0 Å². The molecule has 7 nitrogen and oxygen atoms in total. The third-order valence-electron chi connectivity index (χ3n) is 4.04. The number of carbonyl (C=O) groups excluding carboxylic acids is 1. The molecule has 128 valence electrons. The van der Waals surface area contributed by atoms with Crippen LogP contribution >= 0.6 is 0 Å². The van der Waals surface area contributed by atoms with E-state index in [9.17, 15) is 14.9 Å². The van der Waals surface area contributed by atoms with E-state index in [1.54, 1.807) is 31.2 Å². The predicted octanol–water partition coefficient (Wildman–Crippen LogP) is 3.63. The fourth-order valence-electron chi connectivity index (χ4n) is 2.96. The van der Waals surface area contributed by atoms with Crippen molar-refractivity contribution < 1.29 is 18.9 Å². The largest absolute Gasteiger partial charge is 0.465 e. The SMILES string of the molecule is CC1=C(c2ccco2)C(OC(=O)c2cccnc2)C([N+](=O)[O-])=C(C)C1. The van der Waals surface area contributed by atoms with Crippen molar-refractivity contribution in [3.05, 3.63) is 81.2 Å². The van der Waals surface area contributed by atoms with E-state index >= 15 is 0 Å². The molecule has 25 heavy (non-hydrogen) atoms. The van der Waals surface area contributed by atoms with Crippen LogP contribution in [-0.2, 0) is 4.74 Å². The van der Waals surface area contributed by atoms with Crippen LogP contribution in [0.4, 0.5) is 0 Å². The van der Waals surface area contributed by atoms with Crippen molar-refractivity contribution >= 4 is 11.5 Å². The average molecular weight is 340 g/mol. The van der Waals surface area contributed by atoms with Gasteiger partial charge in [-0.25, -0.2) is 4.79 Å². The number of carbonyl (C=O) groups is 1. The third kappa shape index (κ3) is 3.21. The molecular formula is C18H16N2O5. The molecule has 1 atom stereocenters. The first-order valence-corrected chi connectivity index (χ1v) is 7.67. The Kier molecular flexibility index (Phi) is 4.47. The lowest BCUT2D eigenvalue weighted by molar-refractivity contribution is -0.434. The molecule has 2 heterocycles. The van der Waals surface area contributed by atoms with Gasteiger partial charge in [0, 0.05) is 23.5 Å². The van der Waals surface area contributed by atoms with Gasteiger partial charge in [-0.05, 0) is 44.5 Å². The van der Waals surface area contributed by atoms with Crippen molar-refractivity contribution in [2.45, 2.75) is 26.4 Å². The number of hydrogen-bond acceptors (Lipinski definition) is 6. The second kappa shape index (κ2) is 6.72. The standard InChI is InChI=1S/C18H16N2O5/c1-11-9-12(2)16(20(22)23)17(15(11)14-6-4-8-24-14)25-18(21)13-5-3-7-19-10-13/h3-8,10,17H,9H2,1-2H3. The van der Waals surface area contributed by atoms with Crippen LogP contribution in [0.25, 0.3) is 5.57 Å². The Balaban J connectivity index is 2.04. The maximum Gasteiger partial charge on any atom is 0.340 e. The number of allylic oxidation sites excluding steroid dienone is 2. The zero-order chi connectivity index (χ0) is 18.0. The normalized spacial score (nSPS) is 17.6. The van der Waals surface area contributed by atoms with Crippen LogP contribution in [0.15, 0.2) is 64.2 Å². The molecule has 0 spiro atoms. The molecule has 0 saturated carbocycles. The van der Waals surface area contributed by atoms with Crippen molar-refractivity contribution in [2.24, 2.45) is 0 Å². The first-order valence-electron chi connectivity index (χ1n) is 7.67. The van der Waals surface area contributed by atoms with Crippen LogP contribution in [0.1, 0.15) is 36.4 Å². The Labute approximate surface area is 143 Å². The Morgan fingerprint density at radius 3 is 2.72 bits per heavy atom. The first-order chi connectivity index (χ1) is 12.0. The number of esters is 1. The number of pyridine rings is 1. The van der Waals surface area contributed by atoms with Crippen LogP contribution in [0.2, 0.25) is 0 Å². The predicted molar refractivity (Wildman–Crippen MR) is 89.1 cm³/mol. The molecule has 1 aliphatic rings. The molecular weight excluding hydrogens is 324 g/mol. The lowest BCUT2D eigenvalue weighted by Gasteiger charge is -2.25. The van der Waals surface area contributed by atoms with E-state index in [-0.39, 0.29) is 11.3 Å². The number of rotatable bonds is 4. The Hall–Kier alpha value is -3.22. The second-order valence-electron chi connectivity index (χ2n) is 5.80. The van der Waals surface area contributed by atoms with Crippen molar-refractivity contribution in [3.8, 4) is 0 Å². The Bertz CT molecular complexity index is 866. The van der Waals surface area contributed by atoms with Gasteiger partial charge in [-0.1, -0.05) is 5.57 Å². The highest BCUT2D eigenvalue weighted by Gasteiger charge is 2.40. The molecule has 3 rings (SSSR count). The fraction of sp³-hybridized carbons (Fsp3) is 0.222. The van der Waals surface area contributed by atoms with E-state index in [4.69, 9.17) is 9.15 Å². The van der Waals surface area contributed by atoms with Crippen LogP contribution in [0.3, 0.4) is 0 Å². The van der Waals surface area contributed by atoms with Gasteiger partial charge >= 0.3 is 5.97 Å². The molecule has 0 aliphatic heterocycles. The lowest BCUT2D eigenvalue weighted by Crippen LogP contribution is -2.30. The number of aromatic nitrogens is 1. The smallest absolute Gasteiger partial charge is 0.340 e. The minimum atomic E-state index is -1.14. The molecule has 1 unspecified atom stereocenters. The molecule has 2 aromatic heterocycles. The summed E-state index contributed by atoms with van der Waals surface area (Å²) >= 11 is 0. The van der Waals surface area contributed by atoms with Crippen LogP contribution in [0, 0.1) is 10.1 Å². The number of ether oxygens (including phenoxy) is 1. The molecule has 1 aliphatic carbocycles. The van der Waals surface area contributed by atoms with Gasteiger partial charge in [0.2, 0.25) is 6.10 Å². The van der Waals surface area contributed by atoms with Gasteiger partial charge in [0.05, 0.1) is 16.7 Å². The molecule has 2 aromatic rings. The number of nitrogens with zero attached hydrogens (tertiary/aromatic N) is 2. The van der Waals surface area contributed by atoms with Gasteiger partial charge in [0.25, 0.3) is 5.70 Å². The van der Waals surface area contributed by atoms with E-state index in [0.717, 1.165) is 5.57 Å². The van der Waals surface area contributed by atoms with Crippen LogP contribution in [-0.4, -0.2) is 22.0 Å². The van der Waals surface area contributed by atoms with Gasteiger partial charge in [-0.3, -0.25) is 15.1 Å². The molecule has 0 bridgehead atoms. The molecule has 0 radical (unpaired) electrons. The summed E-state index contributed by atoms with van der Waals surface area (Å²) < 4.78 is 10.9. The van der Waals surface area contributed by atoms with Crippen molar-refractivity contribution in [2.75, 3.05) is 0 Å². The van der Waals surface area contributed by atoms with Gasteiger partial charge < -0.3 is 9.15 Å². The van der Waals surface area contributed by atoms with Crippen molar-refractivity contribution in [3.63, 3.8) is 0 Å². The molecule has 0 fully saturated rings. The highest BCUT2D eigenvalue weighted by atomic mass is 16.6. The van der Waals surface area contributed by atoms with Crippen LogP contribution in [0.5, 0.6) is 0 Å². The molecule has 0 saturated heterocycles. The topological polar surface area (TPSA) is 95.5 Å². The Morgan fingerprint density at radius 1 is 1.32 bits per heavy atom. The molecule has 0 aromatic carbocycles. The van der Waals surface area contributed by atoms with E-state index in [2.05, 4.69) is 4.98 Å². The average Bonchev–Trinajstić information content (AvgIpc) is 3.09. The summed E-state index contributed by atoms with van der Waals surface area (Å²) in [7, 11) is 0. The minimum absolute atomic E-state index is 0.130. The van der Waals surface area contributed by atoms with Crippen LogP contribution < -0.4 is 0 Å². The maximum atomic E-state index is 12.4. The summed E-state index contributed by atoms with van der Waals surface area (Å²) in [5, 5.41) is 11.6. The molecule has 0 amide bonds. The lowest BCUT2D eigenvalue weighted by atomic mass is 9.87. The fourth-order valence-corrected chi connectivity index (χ4v) is 2.96. The quantitative estimate of drug-likeness (QED) is 0.479. The summed E-state index contributed by atoms with van der Waals surface area (Å²) in [6.45, 7) is 3.52. The van der Waals surface area contributed by atoms with E-state index in [1.165, 1.54) is 18.7 Å². The summed E-state index contributed by atoms with van der Waals surface area (Å²) in [6, 6.07) is 6.53. The number of furan rings is 1. The highest BCUT2D eigenvalue weighted by molar-refractivity contribution is 5.90. The monoisotopic (exact) mass is 340 g/mol. The summed E-state index contributed by atoms with van der Waals surface area (Å²) in [5.41, 5.74) is 2.03. The molecule has 0 N–H and O–H groups in total. The number of nitro groups is 1. The Morgan fingerprint density at radius 2 is 2.12 bits per heavy atom. The zero-order valence-electron chi connectivity index (χ0n) is 13.8. The van der Waals surface area contributed by atoms with E-state index < -0.39 is 17.0 Å². The summed E-state index contributed by atoms with van der Waals surface area (Å²) in [4.78, 5) is 27.4. The van der Waals surface area contributed by atoms with Crippen molar-refractivity contribution in [1.29, 1.82) is 0 Å². The highest BCUT2D eigenvalue weighted by Crippen LogP contribution is 2.38. The maximum absolute atomic E-state index is 12.4. The van der Waals surface area contributed by atoms with Gasteiger partial charge in [-0.15, -0.1) is 0 Å². The van der Waals surface area contributed by atoms with Gasteiger partial charge in [0.1, 0.15) is 5.76 Å². The van der Waals surface area contributed by atoms with E-state index in [1.807, 2.05) is 6.92 Å². The minimum Gasteiger partial charge on any atom is -0.465 e. The zero-order valence-corrected chi connectivity index (χ0v) is 13.8. The summed E-state index contributed by atoms with van der Waals surface area (Å²) in [6.07, 6.45) is 3.65. The number of hydrogen-bond donors (Lipinski definition) is 0. The second-order valence-corrected chi connectivity index (χ2v) is 5.80. The third-order valence-corrected chi connectivity index (χ3v) is 4.04. The van der Waals surface area contributed by atoms with E-state index in [0.29, 0.717) is 23.3 Å². The van der Waals surface area contributed by atoms with Gasteiger partial charge in [0.15, 0.2) is 0 Å².